The number of fused-ring (bicyclic) bond motifs is 1. The van der Waals surface area contributed by atoms with Crippen LogP contribution < -0.4 is 11.3 Å². The molecule has 47 heavy (non-hydrogen) atoms. The average molecular weight is 676 g/mol. The van der Waals surface area contributed by atoms with Gasteiger partial charge in [0, 0.05) is 13.2 Å². The number of aromatic nitrogens is 4. The lowest BCUT2D eigenvalue weighted by Crippen LogP contribution is -2.14. The Morgan fingerprint density at radius 2 is 1.38 bits per heavy atom. The number of H-pyrrole nitrogens is 1. The van der Waals surface area contributed by atoms with Gasteiger partial charge in [-0.15, -0.1) is 0 Å². The molecular formula is C35H58N5O6P. The normalized spacial score (nSPS) is 13.0. The largest absolute Gasteiger partial charge is 0.379 e. The summed E-state index contributed by atoms with van der Waals surface area (Å²) in [6, 6.07) is 9.51. The molecule has 0 bridgehead atoms. The van der Waals surface area contributed by atoms with E-state index in [0.717, 1.165) is 18.4 Å². The van der Waals surface area contributed by atoms with Crippen LogP contribution in [0.4, 0.5) is 5.95 Å². The van der Waals surface area contributed by atoms with Gasteiger partial charge in [-0.1, -0.05) is 134 Å². The Balaban J connectivity index is 1.23. The van der Waals surface area contributed by atoms with Crippen molar-refractivity contribution in [1.82, 2.24) is 19.5 Å². The monoisotopic (exact) mass is 675 g/mol. The predicted octanol–water partition coefficient (Wildman–Crippen LogP) is 8.38. The van der Waals surface area contributed by atoms with Crippen molar-refractivity contribution in [2.45, 2.75) is 123 Å². The molecule has 12 heteroatoms. The minimum absolute atomic E-state index is 0.00872. The molecule has 2 aromatic heterocycles. The Morgan fingerprint density at radius 1 is 0.766 bits per heavy atom. The summed E-state index contributed by atoms with van der Waals surface area (Å²) in [5.74, 6) is 0.00872. The van der Waals surface area contributed by atoms with Gasteiger partial charge in [-0.2, -0.15) is 4.98 Å². The van der Waals surface area contributed by atoms with Crippen molar-refractivity contribution in [2.75, 3.05) is 38.5 Å². The van der Waals surface area contributed by atoms with Gasteiger partial charge >= 0.3 is 7.60 Å². The number of hydrogen-bond donors (Lipinski definition) is 2. The van der Waals surface area contributed by atoms with E-state index in [9.17, 15) is 9.36 Å². The van der Waals surface area contributed by atoms with Gasteiger partial charge < -0.3 is 28.8 Å². The Kier molecular flexibility index (Phi) is 19.6. The highest BCUT2D eigenvalue weighted by Crippen LogP contribution is 2.48. The fourth-order valence-corrected chi connectivity index (χ4v) is 6.70. The molecule has 0 aliphatic rings. The molecule has 1 aromatic carbocycles. The van der Waals surface area contributed by atoms with Gasteiger partial charge in [-0.05, 0) is 12.0 Å². The standard InChI is InChI=1S/C35H58N5O6P/c1-2-3-4-5-6-7-8-9-10-11-12-13-14-15-16-20-24-43-26-27-45-47(42,46-28-31-21-18-17-19-22-31)30-44-25-23-40-29-37-32-33(40)38-35(36)39-34(32)41/h17-19,21-22,29H,2-16,20,23-28,30H2,1H3,(H3,36,38,39,41)/t47-/m1/s1. The molecule has 0 fully saturated rings. The van der Waals surface area contributed by atoms with Crippen LogP contribution in [0.25, 0.3) is 11.2 Å². The lowest BCUT2D eigenvalue weighted by atomic mass is 10.0. The van der Waals surface area contributed by atoms with E-state index < -0.39 is 13.2 Å². The Morgan fingerprint density at radius 3 is 2.02 bits per heavy atom. The van der Waals surface area contributed by atoms with Crippen LogP contribution in [-0.2, 0) is 36.2 Å². The highest BCUT2D eigenvalue weighted by molar-refractivity contribution is 7.53. The highest BCUT2D eigenvalue weighted by atomic mass is 31.2. The fourth-order valence-electron chi connectivity index (χ4n) is 5.42. The topological polar surface area (TPSA) is 144 Å². The first kappa shape index (κ1) is 38.9. The minimum atomic E-state index is -3.57. The van der Waals surface area contributed by atoms with Gasteiger partial charge in [0.15, 0.2) is 11.2 Å². The summed E-state index contributed by atoms with van der Waals surface area (Å²) in [6.07, 6.45) is 22.6. The van der Waals surface area contributed by atoms with E-state index in [1.165, 1.54) is 96.2 Å². The van der Waals surface area contributed by atoms with E-state index in [1.54, 1.807) is 4.57 Å². The van der Waals surface area contributed by atoms with E-state index in [-0.39, 0.29) is 37.6 Å². The van der Waals surface area contributed by atoms with Crippen LogP contribution in [0.15, 0.2) is 41.5 Å². The van der Waals surface area contributed by atoms with Crippen molar-refractivity contribution in [1.29, 1.82) is 0 Å². The van der Waals surface area contributed by atoms with Crippen LogP contribution in [0.2, 0.25) is 0 Å². The van der Waals surface area contributed by atoms with Gasteiger partial charge in [0.25, 0.3) is 5.56 Å². The summed E-state index contributed by atoms with van der Waals surface area (Å²) in [5, 5.41) is 0. The molecule has 0 saturated carbocycles. The van der Waals surface area contributed by atoms with Crippen molar-refractivity contribution in [3.05, 3.63) is 52.6 Å². The number of rotatable bonds is 29. The SMILES string of the molecule is CCCCCCCCCCCCCCCCCCOCCO[P@](=O)(COCCn1cnc2c(=O)[nH]c(N)nc21)OCc1ccccc1. The molecule has 0 spiro atoms. The molecule has 3 rings (SSSR count). The number of nitrogens with one attached hydrogen (secondary N) is 1. The summed E-state index contributed by atoms with van der Waals surface area (Å²) in [6.45, 7) is 4.06. The lowest BCUT2D eigenvalue weighted by molar-refractivity contribution is 0.0756. The number of ether oxygens (including phenoxy) is 2. The zero-order chi connectivity index (χ0) is 33.4. The Labute approximate surface area is 280 Å². The van der Waals surface area contributed by atoms with Gasteiger partial charge in [0.2, 0.25) is 5.95 Å². The number of imidazole rings is 1. The molecule has 0 saturated heterocycles. The number of nitrogen functional groups attached to an aromatic ring is 1. The molecule has 0 aliphatic heterocycles. The first-order valence-corrected chi connectivity index (χ1v) is 19.5. The summed E-state index contributed by atoms with van der Waals surface area (Å²) in [7, 11) is -3.57. The highest BCUT2D eigenvalue weighted by Gasteiger charge is 2.25. The quantitative estimate of drug-likeness (QED) is 0.0548. The smallest absolute Gasteiger partial charge is 0.356 e. The third-order valence-corrected chi connectivity index (χ3v) is 9.74. The van der Waals surface area contributed by atoms with Gasteiger partial charge in [-0.3, -0.25) is 14.3 Å². The van der Waals surface area contributed by atoms with E-state index >= 15 is 0 Å². The first-order valence-electron chi connectivity index (χ1n) is 17.8. The number of unbranched alkanes of at least 4 members (excludes halogenated alkanes) is 15. The van der Waals surface area contributed by atoms with E-state index in [4.69, 9.17) is 24.3 Å². The second-order valence-corrected chi connectivity index (χ2v) is 14.2. The summed E-state index contributed by atoms with van der Waals surface area (Å²) >= 11 is 0. The van der Waals surface area contributed by atoms with Crippen LogP contribution in [-0.4, -0.2) is 52.3 Å². The van der Waals surface area contributed by atoms with Gasteiger partial charge in [-0.25, -0.2) is 4.98 Å². The first-order chi connectivity index (χ1) is 23.0. The summed E-state index contributed by atoms with van der Waals surface area (Å²) in [4.78, 5) is 22.7. The molecule has 11 nitrogen and oxygen atoms in total. The van der Waals surface area contributed by atoms with Crippen LogP contribution in [0, 0.1) is 0 Å². The number of aromatic amines is 1. The maximum atomic E-state index is 13.5. The molecule has 3 N–H and O–H groups in total. The van der Waals surface area contributed by atoms with Gasteiger partial charge in [0.05, 0.1) is 32.8 Å². The maximum absolute atomic E-state index is 13.5. The molecular weight excluding hydrogens is 617 g/mol. The van der Waals surface area contributed by atoms with Crippen LogP contribution >= 0.6 is 7.60 Å². The second-order valence-electron chi connectivity index (χ2n) is 12.2. The second kappa shape index (κ2) is 23.7. The molecule has 1 atom stereocenters. The third-order valence-electron chi connectivity index (χ3n) is 8.15. The van der Waals surface area contributed by atoms with E-state index in [2.05, 4.69) is 21.9 Å². The van der Waals surface area contributed by atoms with Crippen LogP contribution in [0.1, 0.15) is 115 Å². The Hall–Kier alpha value is -2.56. The Bertz CT molecular complexity index is 1330. The zero-order valence-corrected chi connectivity index (χ0v) is 29.4. The number of nitrogens with two attached hydrogens (primary N) is 1. The molecule has 0 unspecified atom stereocenters. The number of hydrogen-bond acceptors (Lipinski definition) is 9. The van der Waals surface area contributed by atoms with E-state index in [1.807, 2.05) is 30.3 Å². The average Bonchev–Trinajstić information content (AvgIpc) is 3.48. The lowest BCUT2D eigenvalue weighted by Gasteiger charge is -2.19. The summed E-state index contributed by atoms with van der Waals surface area (Å²) < 4.78 is 38.1. The molecule has 0 radical (unpaired) electrons. The fraction of sp³-hybridized carbons (Fsp3) is 0.686. The molecule has 2 heterocycles. The van der Waals surface area contributed by atoms with Crippen molar-refractivity contribution in [3.63, 3.8) is 0 Å². The minimum Gasteiger partial charge on any atom is -0.379 e. The van der Waals surface area contributed by atoms with Crippen molar-refractivity contribution < 1.29 is 23.1 Å². The third kappa shape index (κ3) is 16.4. The van der Waals surface area contributed by atoms with Crippen LogP contribution in [0.5, 0.6) is 0 Å². The van der Waals surface area contributed by atoms with Crippen molar-refractivity contribution in [3.8, 4) is 0 Å². The number of benzene rings is 1. The molecule has 0 aliphatic carbocycles. The van der Waals surface area contributed by atoms with Crippen LogP contribution in [0.3, 0.4) is 0 Å². The summed E-state index contributed by atoms with van der Waals surface area (Å²) in [5.41, 5.74) is 6.70. The zero-order valence-electron chi connectivity index (χ0n) is 28.5. The number of nitrogens with zero attached hydrogens (tertiary/aromatic N) is 3. The molecule has 0 amide bonds. The maximum Gasteiger partial charge on any atom is 0.356 e. The molecule has 264 valence electrons. The van der Waals surface area contributed by atoms with Crippen molar-refractivity contribution >= 4 is 24.7 Å². The predicted molar refractivity (Wildman–Crippen MR) is 189 cm³/mol. The van der Waals surface area contributed by atoms with Crippen molar-refractivity contribution in [2.24, 2.45) is 0 Å². The van der Waals surface area contributed by atoms with Gasteiger partial charge in [0.1, 0.15) is 6.35 Å². The molecule has 3 aromatic rings. The number of anilines is 1. The van der Waals surface area contributed by atoms with E-state index in [0.29, 0.717) is 25.4 Å².